The lowest BCUT2D eigenvalue weighted by Crippen LogP contribution is -2.48. The second kappa shape index (κ2) is 6.84. The van der Waals surface area contributed by atoms with Gasteiger partial charge in [-0.2, -0.15) is 0 Å². The molecule has 0 aromatic carbocycles. The zero-order valence-corrected chi connectivity index (χ0v) is 12.7. The number of amides is 1. The summed E-state index contributed by atoms with van der Waals surface area (Å²) >= 11 is 0. The number of ether oxygens (including phenoxy) is 1. The summed E-state index contributed by atoms with van der Waals surface area (Å²) in [6.45, 7) is 2.16. The topological polar surface area (TPSA) is 80.5 Å². The van der Waals surface area contributed by atoms with Crippen LogP contribution < -0.4 is 5.32 Å². The van der Waals surface area contributed by atoms with E-state index >= 15 is 0 Å². The molecule has 1 amide bonds. The lowest BCUT2D eigenvalue weighted by molar-refractivity contribution is -0.138. The molecule has 1 aliphatic rings. The minimum absolute atomic E-state index is 0.180. The summed E-state index contributed by atoms with van der Waals surface area (Å²) < 4.78 is 23.5. The Kier molecular flexibility index (Phi) is 4.63. The molecule has 0 bridgehead atoms. The third-order valence-electron chi connectivity index (χ3n) is 3.54. The molecule has 122 valence electrons. The molecule has 0 saturated carbocycles. The molecule has 0 spiro atoms. The highest BCUT2D eigenvalue weighted by Crippen LogP contribution is 2.18. The van der Waals surface area contributed by atoms with E-state index in [1.165, 1.54) is 12.1 Å². The molecule has 2 aromatic heterocycles. The maximum absolute atomic E-state index is 12.9. The number of pyridine rings is 1. The summed E-state index contributed by atoms with van der Waals surface area (Å²) in [5, 5.41) is 6.64. The van der Waals surface area contributed by atoms with Crippen LogP contribution in [0.4, 0.5) is 4.39 Å². The van der Waals surface area contributed by atoms with E-state index in [4.69, 9.17) is 9.26 Å². The lowest BCUT2D eigenvalue weighted by atomic mass is 10.2. The average molecular weight is 320 g/mol. The fraction of sp³-hybridized carbons (Fsp3) is 0.400. The standard InChI is InChI=1S/C15H17FN4O3/c1-20-4-5-22-14(9-20)15(21)18-8-11-6-13(23-19-11)12-3-2-10(16)7-17-12/h2-3,6-7,14H,4-5,8-9H2,1H3,(H,18,21). The predicted octanol–water partition coefficient (Wildman–Crippen LogP) is 0.822. The van der Waals surface area contributed by atoms with Gasteiger partial charge in [-0.15, -0.1) is 0 Å². The molecule has 2 aromatic rings. The van der Waals surface area contributed by atoms with Crippen molar-refractivity contribution in [3.05, 3.63) is 35.9 Å². The van der Waals surface area contributed by atoms with E-state index < -0.39 is 11.9 Å². The normalized spacial score (nSPS) is 18.8. The highest BCUT2D eigenvalue weighted by atomic mass is 19.1. The minimum atomic E-state index is -0.473. The van der Waals surface area contributed by atoms with Crippen LogP contribution >= 0.6 is 0 Å². The van der Waals surface area contributed by atoms with E-state index in [2.05, 4.69) is 15.5 Å². The summed E-state index contributed by atoms with van der Waals surface area (Å²) in [7, 11) is 1.95. The molecule has 3 rings (SSSR count). The van der Waals surface area contributed by atoms with Crippen LogP contribution in [-0.2, 0) is 16.1 Å². The maximum atomic E-state index is 12.9. The van der Waals surface area contributed by atoms with Crippen LogP contribution in [0.1, 0.15) is 5.69 Å². The number of halogens is 1. The van der Waals surface area contributed by atoms with Crippen LogP contribution in [0.2, 0.25) is 0 Å². The minimum Gasteiger partial charge on any atom is -0.366 e. The van der Waals surface area contributed by atoms with E-state index in [-0.39, 0.29) is 12.5 Å². The smallest absolute Gasteiger partial charge is 0.250 e. The Balaban J connectivity index is 1.56. The first-order chi connectivity index (χ1) is 11.1. The molecule has 7 nitrogen and oxygen atoms in total. The van der Waals surface area contributed by atoms with Crippen LogP contribution in [0.15, 0.2) is 28.9 Å². The third-order valence-corrected chi connectivity index (χ3v) is 3.54. The van der Waals surface area contributed by atoms with Crippen molar-refractivity contribution in [1.82, 2.24) is 20.4 Å². The third kappa shape index (κ3) is 3.91. The van der Waals surface area contributed by atoms with Gasteiger partial charge in [0.15, 0.2) is 5.76 Å². The molecule has 0 radical (unpaired) electrons. The van der Waals surface area contributed by atoms with Crippen molar-refractivity contribution in [2.75, 3.05) is 26.7 Å². The van der Waals surface area contributed by atoms with Gasteiger partial charge in [0.05, 0.1) is 19.3 Å². The number of carbonyl (C=O) groups is 1. The van der Waals surface area contributed by atoms with Crippen molar-refractivity contribution in [3.8, 4) is 11.5 Å². The second-order valence-electron chi connectivity index (χ2n) is 5.38. The summed E-state index contributed by atoms with van der Waals surface area (Å²) in [5.74, 6) is -0.179. The van der Waals surface area contributed by atoms with Crippen molar-refractivity contribution in [2.24, 2.45) is 0 Å². The molecule has 1 aliphatic heterocycles. The molecular weight excluding hydrogens is 303 g/mol. The Bertz CT molecular complexity index is 674. The van der Waals surface area contributed by atoms with E-state index in [1.807, 2.05) is 11.9 Å². The van der Waals surface area contributed by atoms with E-state index in [0.29, 0.717) is 30.3 Å². The van der Waals surface area contributed by atoms with Gasteiger partial charge >= 0.3 is 0 Å². The first-order valence-corrected chi connectivity index (χ1v) is 7.27. The van der Waals surface area contributed by atoms with Crippen molar-refractivity contribution in [3.63, 3.8) is 0 Å². The van der Waals surface area contributed by atoms with Crippen molar-refractivity contribution >= 4 is 5.91 Å². The molecule has 1 N–H and O–H groups in total. The lowest BCUT2D eigenvalue weighted by Gasteiger charge is -2.28. The zero-order chi connectivity index (χ0) is 16.2. The van der Waals surface area contributed by atoms with E-state index in [1.54, 1.807) is 6.07 Å². The predicted molar refractivity (Wildman–Crippen MR) is 78.8 cm³/mol. The highest BCUT2D eigenvalue weighted by molar-refractivity contribution is 5.81. The number of hydrogen-bond donors (Lipinski definition) is 1. The van der Waals surface area contributed by atoms with Gasteiger partial charge in [0.25, 0.3) is 5.91 Å². The second-order valence-corrected chi connectivity index (χ2v) is 5.38. The number of nitrogens with zero attached hydrogens (tertiary/aromatic N) is 3. The van der Waals surface area contributed by atoms with Gasteiger partial charge < -0.3 is 19.5 Å². The molecule has 1 unspecified atom stereocenters. The molecule has 1 saturated heterocycles. The van der Waals surface area contributed by atoms with Gasteiger partial charge in [0, 0.05) is 19.2 Å². The Hall–Kier alpha value is -2.32. The maximum Gasteiger partial charge on any atom is 0.250 e. The SMILES string of the molecule is CN1CCOC(C(=O)NCc2cc(-c3ccc(F)cn3)on2)C1. The molecule has 8 heteroatoms. The Labute approximate surface area is 132 Å². The van der Waals surface area contributed by atoms with Crippen molar-refractivity contribution in [2.45, 2.75) is 12.6 Å². The number of morpholine rings is 1. The monoisotopic (exact) mass is 320 g/mol. The fourth-order valence-corrected chi connectivity index (χ4v) is 2.27. The summed E-state index contributed by atoms with van der Waals surface area (Å²) in [6, 6.07) is 4.46. The quantitative estimate of drug-likeness (QED) is 0.898. The van der Waals surface area contributed by atoms with Crippen LogP contribution in [0.5, 0.6) is 0 Å². The van der Waals surface area contributed by atoms with Gasteiger partial charge in [-0.1, -0.05) is 5.16 Å². The number of rotatable bonds is 4. The fourth-order valence-electron chi connectivity index (χ4n) is 2.27. The van der Waals surface area contributed by atoms with Gasteiger partial charge in [-0.3, -0.25) is 4.79 Å². The Morgan fingerprint density at radius 3 is 3.13 bits per heavy atom. The van der Waals surface area contributed by atoms with Crippen LogP contribution in [0.3, 0.4) is 0 Å². The number of hydrogen-bond acceptors (Lipinski definition) is 6. The number of nitrogens with one attached hydrogen (secondary N) is 1. The molecule has 23 heavy (non-hydrogen) atoms. The van der Waals surface area contributed by atoms with E-state index in [0.717, 1.165) is 12.7 Å². The van der Waals surface area contributed by atoms with Crippen LogP contribution in [0.25, 0.3) is 11.5 Å². The highest BCUT2D eigenvalue weighted by Gasteiger charge is 2.24. The largest absolute Gasteiger partial charge is 0.366 e. The Morgan fingerprint density at radius 1 is 1.52 bits per heavy atom. The number of likely N-dealkylation sites (N-methyl/N-ethyl adjacent to an activating group) is 1. The zero-order valence-electron chi connectivity index (χ0n) is 12.7. The van der Waals surface area contributed by atoms with E-state index in [9.17, 15) is 9.18 Å². The average Bonchev–Trinajstić information content (AvgIpc) is 3.02. The summed E-state index contributed by atoms with van der Waals surface area (Å²) in [4.78, 5) is 18.0. The summed E-state index contributed by atoms with van der Waals surface area (Å²) in [6.07, 6.45) is 0.634. The van der Waals surface area contributed by atoms with Crippen LogP contribution in [0, 0.1) is 5.82 Å². The Morgan fingerprint density at radius 2 is 2.39 bits per heavy atom. The van der Waals surface area contributed by atoms with Gasteiger partial charge in [-0.05, 0) is 19.2 Å². The molecule has 1 fully saturated rings. The first kappa shape index (κ1) is 15.6. The molecule has 3 heterocycles. The van der Waals surface area contributed by atoms with Gasteiger partial charge in [0.2, 0.25) is 0 Å². The molecule has 0 aliphatic carbocycles. The van der Waals surface area contributed by atoms with Crippen LogP contribution in [-0.4, -0.2) is 53.8 Å². The molecular formula is C15H17FN4O3. The van der Waals surface area contributed by atoms with Crippen molar-refractivity contribution in [1.29, 1.82) is 0 Å². The van der Waals surface area contributed by atoms with Gasteiger partial charge in [-0.25, -0.2) is 9.37 Å². The summed E-state index contributed by atoms with van der Waals surface area (Å²) in [5.41, 5.74) is 1.04. The molecule has 1 atom stereocenters. The van der Waals surface area contributed by atoms with Crippen molar-refractivity contribution < 1.29 is 18.4 Å². The number of carbonyl (C=O) groups excluding carboxylic acids is 1. The van der Waals surface area contributed by atoms with Gasteiger partial charge in [0.1, 0.15) is 23.3 Å². The first-order valence-electron chi connectivity index (χ1n) is 7.27. The number of aromatic nitrogens is 2.